The van der Waals surface area contributed by atoms with E-state index in [2.05, 4.69) is 15.6 Å². The fraction of sp³-hybridized carbons (Fsp3) is 0.375. The Balaban J connectivity index is 1.50. The maximum Gasteiger partial charge on any atom is 0.319 e. The highest BCUT2D eigenvalue weighted by Gasteiger charge is 2.25. The third kappa shape index (κ3) is 4.58. The van der Waals surface area contributed by atoms with Gasteiger partial charge in [0.25, 0.3) is 0 Å². The van der Waals surface area contributed by atoms with Crippen LogP contribution in [0.15, 0.2) is 43.0 Å². The van der Waals surface area contributed by atoms with E-state index in [0.717, 1.165) is 5.69 Å². The molecule has 0 unspecified atom stereocenters. The second kappa shape index (κ2) is 7.24. The Hall–Kier alpha value is -2.39. The highest BCUT2D eigenvalue weighted by molar-refractivity contribution is 7.88. The number of imidazole rings is 1. The van der Waals surface area contributed by atoms with Gasteiger partial charge < -0.3 is 15.2 Å². The number of urea groups is 1. The number of nitrogens with zero attached hydrogens (tertiary/aromatic N) is 3. The van der Waals surface area contributed by atoms with Gasteiger partial charge in [0, 0.05) is 42.9 Å². The van der Waals surface area contributed by atoms with Gasteiger partial charge in [-0.2, -0.15) is 0 Å². The molecule has 8 nitrogen and oxygen atoms in total. The summed E-state index contributed by atoms with van der Waals surface area (Å²) in [6.07, 6.45) is 7.69. The summed E-state index contributed by atoms with van der Waals surface area (Å²) in [5.41, 5.74) is 1.64. The lowest BCUT2D eigenvalue weighted by atomic mass is 10.1. The Bertz CT molecular complexity index is 810. The molecule has 2 amide bonds. The molecular weight excluding hydrogens is 342 g/mol. The molecule has 134 valence electrons. The van der Waals surface area contributed by atoms with Crippen LogP contribution in [0.4, 0.5) is 10.5 Å². The van der Waals surface area contributed by atoms with Crippen molar-refractivity contribution in [3.05, 3.63) is 43.0 Å². The van der Waals surface area contributed by atoms with Crippen LogP contribution in [-0.2, 0) is 10.0 Å². The van der Waals surface area contributed by atoms with E-state index in [-0.39, 0.29) is 12.1 Å². The number of rotatable bonds is 4. The molecule has 1 aliphatic rings. The van der Waals surface area contributed by atoms with Crippen molar-refractivity contribution in [2.45, 2.75) is 18.9 Å². The molecule has 1 aliphatic heterocycles. The smallest absolute Gasteiger partial charge is 0.319 e. The highest BCUT2D eigenvalue weighted by atomic mass is 32.2. The molecule has 1 fully saturated rings. The molecule has 2 aromatic rings. The van der Waals surface area contributed by atoms with Gasteiger partial charge in [-0.25, -0.2) is 22.5 Å². The van der Waals surface area contributed by atoms with Crippen LogP contribution in [-0.4, -0.2) is 53.7 Å². The Morgan fingerprint density at radius 3 is 2.44 bits per heavy atom. The number of amides is 2. The van der Waals surface area contributed by atoms with Crippen molar-refractivity contribution in [1.29, 1.82) is 0 Å². The second-order valence-corrected chi connectivity index (χ2v) is 8.03. The number of sulfonamides is 1. The minimum Gasteiger partial charge on any atom is -0.335 e. The van der Waals surface area contributed by atoms with Gasteiger partial charge in [-0.1, -0.05) is 0 Å². The van der Waals surface area contributed by atoms with Crippen LogP contribution in [0.1, 0.15) is 12.8 Å². The van der Waals surface area contributed by atoms with E-state index < -0.39 is 10.0 Å². The Morgan fingerprint density at radius 1 is 1.20 bits per heavy atom. The van der Waals surface area contributed by atoms with Gasteiger partial charge in [-0.05, 0) is 37.1 Å². The molecule has 0 saturated carbocycles. The predicted octanol–water partition coefficient (Wildman–Crippen LogP) is 1.42. The van der Waals surface area contributed by atoms with E-state index >= 15 is 0 Å². The summed E-state index contributed by atoms with van der Waals surface area (Å²) in [6, 6.07) is 7.11. The van der Waals surface area contributed by atoms with E-state index in [1.807, 2.05) is 35.0 Å². The molecule has 0 aliphatic carbocycles. The predicted molar refractivity (Wildman–Crippen MR) is 95.2 cm³/mol. The number of hydrogen-bond donors (Lipinski definition) is 2. The first-order chi connectivity index (χ1) is 11.9. The molecule has 2 heterocycles. The van der Waals surface area contributed by atoms with Crippen molar-refractivity contribution in [3.8, 4) is 5.69 Å². The van der Waals surface area contributed by atoms with Crippen molar-refractivity contribution < 1.29 is 13.2 Å². The Kier molecular flexibility index (Phi) is 5.05. The summed E-state index contributed by atoms with van der Waals surface area (Å²) in [6.45, 7) is 0.868. The molecule has 0 spiro atoms. The number of nitrogens with one attached hydrogen (secondary N) is 2. The van der Waals surface area contributed by atoms with E-state index in [1.165, 1.54) is 10.6 Å². The second-order valence-electron chi connectivity index (χ2n) is 6.05. The summed E-state index contributed by atoms with van der Waals surface area (Å²) >= 11 is 0. The lowest BCUT2D eigenvalue weighted by molar-refractivity contribution is 0.238. The quantitative estimate of drug-likeness (QED) is 0.859. The molecule has 0 bridgehead atoms. The molecule has 1 aromatic heterocycles. The number of anilines is 1. The van der Waals surface area contributed by atoms with Crippen LogP contribution in [0.5, 0.6) is 0 Å². The number of piperidine rings is 1. The maximum absolute atomic E-state index is 12.1. The molecule has 0 atom stereocenters. The SMILES string of the molecule is CS(=O)(=O)N1CCC(NC(=O)Nc2ccc(-n3ccnc3)cc2)CC1. The third-order valence-corrected chi connectivity index (χ3v) is 5.49. The zero-order valence-corrected chi connectivity index (χ0v) is 14.7. The minimum atomic E-state index is -3.15. The standard InChI is InChI=1S/C16H21N5O3S/c1-25(23,24)21-9-6-14(7-10-21)19-16(22)18-13-2-4-15(5-3-13)20-11-8-17-12-20/h2-5,8,11-12,14H,6-7,9-10H2,1H3,(H2,18,19,22). The molecule has 3 rings (SSSR count). The van der Waals surface area contributed by atoms with Crippen LogP contribution >= 0.6 is 0 Å². The van der Waals surface area contributed by atoms with Crippen LogP contribution < -0.4 is 10.6 Å². The Morgan fingerprint density at radius 2 is 1.88 bits per heavy atom. The van der Waals surface area contributed by atoms with Gasteiger partial charge >= 0.3 is 6.03 Å². The van der Waals surface area contributed by atoms with Crippen molar-refractivity contribution >= 4 is 21.7 Å². The zero-order chi connectivity index (χ0) is 17.9. The van der Waals surface area contributed by atoms with Gasteiger partial charge in [0.2, 0.25) is 10.0 Å². The number of carbonyl (C=O) groups is 1. The van der Waals surface area contributed by atoms with Crippen LogP contribution in [0, 0.1) is 0 Å². The van der Waals surface area contributed by atoms with E-state index in [9.17, 15) is 13.2 Å². The highest BCUT2D eigenvalue weighted by Crippen LogP contribution is 2.15. The van der Waals surface area contributed by atoms with E-state index in [4.69, 9.17) is 0 Å². The lowest BCUT2D eigenvalue weighted by Gasteiger charge is -2.30. The average molecular weight is 363 g/mol. The maximum atomic E-state index is 12.1. The summed E-state index contributed by atoms with van der Waals surface area (Å²) < 4.78 is 26.3. The first-order valence-corrected chi connectivity index (χ1v) is 9.88. The number of aromatic nitrogens is 2. The molecule has 25 heavy (non-hydrogen) atoms. The molecular formula is C16H21N5O3S. The van der Waals surface area contributed by atoms with Crippen LogP contribution in [0.2, 0.25) is 0 Å². The first-order valence-electron chi connectivity index (χ1n) is 8.03. The third-order valence-electron chi connectivity index (χ3n) is 4.19. The molecule has 9 heteroatoms. The fourth-order valence-electron chi connectivity index (χ4n) is 2.81. The number of carbonyl (C=O) groups excluding carboxylic acids is 1. The molecule has 0 radical (unpaired) electrons. The largest absolute Gasteiger partial charge is 0.335 e. The fourth-order valence-corrected chi connectivity index (χ4v) is 3.69. The number of hydrogen-bond acceptors (Lipinski definition) is 4. The van der Waals surface area contributed by atoms with Gasteiger partial charge in [0.1, 0.15) is 0 Å². The average Bonchev–Trinajstić information content (AvgIpc) is 3.09. The molecule has 1 aromatic carbocycles. The zero-order valence-electron chi connectivity index (χ0n) is 13.9. The van der Waals surface area contributed by atoms with Crippen molar-refractivity contribution in [1.82, 2.24) is 19.2 Å². The van der Waals surface area contributed by atoms with Crippen LogP contribution in [0.25, 0.3) is 5.69 Å². The molecule has 2 N–H and O–H groups in total. The lowest BCUT2D eigenvalue weighted by Crippen LogP contribution is -2.47. The van der Waals surface area contributed by atoms with Crippen molar-refractivity contribution in [3.63, 3.8) is 0 Å². The molecule has 1 saturated heterocycles. The summed E-state index contributed by atoms with van der Waals surface area (Å²) in [5.74, 6) is 0. The van der Waals surface area contributed by atoms with E-state index in [0.29, 0.717) is 31.6 Å². The topological polar surface area (TPSA) is 96.3 Å². The van der Waals surface area contributed by atoms with Gasteiger partial charge in [-0.3, -0.25) is 0 Å². The Labute approximate surface area is 146 Å². The van der Waals surface area contributed by atoms with Gasteiger partial charge in [0.15, 0.2) is 0 Å². The van der Waals surface area contributed by atoms with Gasteiger partial charge in [-0.15, -0.1) is 0 Å². The monoisotopic (exact) mass is 363 g/mol. The number of benzene rings is 1. The summed E-state index contributed by atoms with van der Waals surface area (Å²) in [7, 11) is -3.15. The summed E-state index contributed by atoms with van der Waals surface area (Å²) in [4.78, 5) is 16.1. The van der Waals surface area contributed by atoms with Crippen LogP contribution in [0.3, 0.4) is 0 Å². The van der Waals surface area contributed by atoms with Gasteiger partial charge in [0.05, 0.1) is 12.6 Å². The van der Waals surface area contributed by atoms with Crippen molar-refractivity contribution in [2.24, 2.45) is 0 Å². The summed E-state index contributed by atoms with van der Waals surface area (Å²) in [5, 5.41) is 5.69. The van der Waals surface area contributed by atoms with Crippen molar-refractivity contribution in [2.75, 3.05) is 24.7 Å². The normalized spacial score (nSPS) is 16.5. The first kappa shape index (κ1) is 17.4. The van der Waals surface area contributed by atoms with E-state index in [1.54, 1.807) is 12.5 Å². The minimum absolute atomic E-state index is 0.0248.